The molecule has 2 aromatic heterocycles. The highest BCUT2D eigenvalue weighted by Crippen LogP contribution is 2.34. The molecule has 2 aromatic carbocycles. The molecule has 0 fully saturated rings. The number of anilines is 2. The van der Waals surface area contributed by atoms with E-state index in [0.717, 1.165) is 33.8 Å². The summed E-state index contributed by atoms with van der Waals surface area (Å²) in [6, 6.07) is 12.7. The highest BCUT2D eigenvalue weighted by atomic mass is 32.1. The van der Waals surface area contributed by atoms with Crippen molar-refractivity contribution in [3.63, 3.8) is 0 Å². The van der Waals surface area contributed by atoms with Crippen LogP contribution in [-0.2, 0) is 6.18 Å². The summed E-state index contributed by atoms with van der Waals surface area (Å²) in [7, 11) is 0. The second-order valence-electron chi connectivity index (χ2n) is 7.37. The number of nitrogens with zero attached hydrogens (tertiary/aromatic N) is 3. The van der Waals surface area contributed by atoms with Crippen molar-refractivity contribution >= 4 is 34.5 Å². The lowest BCUT2D eigenvalue weighted by Gasteiger charge is -2.10. The summed E-state index contributed by atoms with van der Waals surface area (Å²) in [6.07, 6.45) is -1.82. The van der Waals surface area contributed by atoms with Gasteiger partial charge in [0.05, 0.1) is 10.4 Å². The maximum Gasteiger partial charge on any atom is 0.433 e. The summed E-state index contributed by atoms with van der Waals surface area (Å²) in [6.45, 7) is 5.94. The predicted octanol–water partition coefficient (Wildman–Crippen LogP) is 6.43. The number of nitrogens with one attached hydrogen (secondary N) is 1. The molecule has 0 aliphatic rings. The molecule has 6 nitrogen and oxygen atoms in total. The van der Waals surface area contributed by atoms with Gasteiger partial charge in [0.15, 0.2) is 0 Å². The molecule has 0 saturated heterocycles. The fourth-order valence-corrected chi connectivity index (χ4v) is 4.08. The van der Waals surface area contributed by atoms with E-state index in [0.29, 0.717) is 16.3 Å². The van der Waals surface area contributed by atoms with Crippen molar-refractivity contribution in [1.29, 1.82) is 0 Å². The molecular weight excluding hydrogens is 465 g/mol. The Kier molecular flexibility index (Phi) is 6.16. The second-order valence-corrected chi connectivity index (χ2v) is 8.40. The topological polar surface area (TPSA) is 88.0 Å². The fourth-order valence-electron chi connectivity index (χ4n) is 3.19. The zero-order valence-corrected chi connectivity index (χ0v) is 18.5. The Labute approximate surface area is 196 Å². The average Bonchev–Trinajstić information content (AvgIpc) is 3.28. The predicted molar refractivity (Wildman–Crippen MR) is 124 cm³/mol. The van der Waals surface area contributed by atoms with Crippen LogP contribution in [0.1, 0.15) is 32.2 Å². The lowest BCUT2D eigenvalue weighted by molar-refractivity contribution is -0.141. The highest BCUT2D eigenvalue weighted by Gasteiger charge is 2.32. The van der Waals surface area contributed by atoms with Crippen molar-refractivity contribution in [2.45, 2.75) is 13.1 Å². The molecule has 0 unspecified atom stereocenters. The molecule has 4 rings (SSSR count). The number of carboxylic acid groups (broad SMARTS) is 1. The molecule has 34 heavy (non-hydrogen) atoms. The number of aryl methyl sites for hydroxylation is 1. The summed E-state index contributed by atoms with van der Waals surface area (Å²) < 4.78 is 38.8. The van der Waals surface area contributed by atoms with Gasteiger partial charge in [-0.05, 0) is 53.9 Å². The van der Waals surface area contributed by atoms with Gasteiger partial charge in [0.2, 0.25) is 5.95 Å². The number of benzene rings is 2. The van der Waals surface area contributed by atoms with Crippen LogP contribution in [0, 0.1) is 6.92 Å². The number of aromatic carboxylic acids is 1. The maximum atomic E-state index is 12.9. The molecule has 0 bridgehead atoms. The number of carbonyl (C=O) groups is 1. The van der Waals surface area contributed by atoms with E-state index in [1.807, 2.05) is 13.0 Å². The smallest absolute Gasteiger partial charge is 0.433 e. The van der Waals surface area contributed by atoms with E-state index in [4.69, 9.17) is 5.11 Å². The number of hydrogen-bond donors (Lipinski definition) is 2. The SMILES string of the molecule is C=C(c1ccc(C(=O)O)cc1)c1ncc(-c2cc(C)cc(Nc3nccc(C(F)(F)F)n3)c2)s1. The van der Waals surface area contributed by atoms with Crippen molar-refractivity contribution in [2.75, 3.05) is 5.32 Å². The zero-order chi connectivity index (χ0) is 24.5. The molecule has 0 amide bonds. The molecule has 0 aliphatic heterocycles. The molecule has 0 spiro atoms. The molecule has 10 heteroatoms. The van der Waals surface area contributed by atoms with Gasteiger partial charge in [-0.2, -0.15) is 13.2 Å². The number of hydrogen-bond acceptors (Lipinski definition) is 6. The number of halogens is 3. The Bertz CT molecular complexity index is 1380. The lowest BCUT2D eigenvalue weighted by atomic mass is 10.1. The minimum atomic E-state index is -4.56. The number of aromatic nitrogens is 3. The van der Waals surface area contributed by atoms with Crippen LogP contribution in [0.4, 0.5) is 24.8 Å². The minimum absolute atomic E-state index is 0.158. The number of rotatable bonds is 6. The first kappa shape index (κ1) is 23.1. The molecule has 4 aromatic rings. The molecule has 0 atom stereocenters. The highest BCUT2D eigenvalue weighted by molar-refractivity contribution is 7.16. The Hall–Kier alpha value is -4.05. The van der Waals surface area contributed by atoms with Crippen LogP contribution >= 0.6 is 11.3 Å². The van der Waals surface area contributed by atoms with Gasteiger partial charge >= 0.3 is 12.1 Å². The van der Waals surface area contributed by atoms with Gasteiger partial charge in [-0.3, -0.25) is 0 Å². The Morgan fingerprint density at radius 2 is 1.76 bits per heavy atom. The first-order chi connectivity index (χ1) is 16.1. The summed E-state index contributed by atoms with van der Waals surface area (Å²) in [4.78, 5) is 23.7. The summed E-state index contributed by atoms with van der Waals surface area (Å²) >= 11 is 1.39. The minimum Gasteiger partial charge on any atom is -0.478 e. The van der Waals surface area contributed by atoms with Crippen LogP contribution in [0.2, 0.25) is 0 Å². The largest absolute Gasteiger partial charge is 0.478 e. The monoisotopic (exact) mass is 482 g/mol. The van der Waals surface area contributed by atoms with Crippen molar-refractivity contribution in [2.24, 2.45) is 0 Å². The standard InChI is InChI=1S/C24H17F3N4O2S/c1-13-9-17(11-18(10-13)30-23-28-8-7-20(31-23)24(25,26)27)19-12-29-21(34-19)14(2)15-3-5-16(6-4-15)22(32)33/h3-12H,2H2,1H3,(H,32,33)(H,28,30,31). The molecular formula is C24H17F3N4O2S. The summed E-state index contributed by atoms with van der Waals surface area (Å²) in [5, 5.41) is 12.5. The van der Waals surface area contributed by atoms with E-state index in [1.54, 1.807) is 30.5 Å². The normalized spacial score (nSPS) is 11.3. The maximum absolute atomic E-state index is 12.9. The molecule has 0 saturated carbocycles. The third kappa shape index (κ3) is 5.12. The van der Waals surface area contributed by atoms with Crippen LogP contribution in [0.5, 0.6) is 0 Å². The molecule has 2 N–H and O–H groups in total. The number of thiazole rings is 1. The lowest BCUT2D eigenvalue weighted by Crippen LogP contribution is -2.10. The average molecular weight is 482 g/mol. The van der Waals surface area contributed by atoms with E-state index in [9.17, 15) is 18.0 Å². The zero-order valence-electron chi connectivity index (χ0n) is 17.7. The van der Waals surface area contributed by atoms with Crippen molar-refractivity contribution in [1.82, 2.24) is 15.0 Å². The van der Waals surface area contributed by atoms with Gasteiger partial charge in [-0.25, -0.2) is 19.7 Å². The van der Waals surface area contributed by atoms with E-state index in [2.05, 4.69) is 26.8 Å². The third-order valence-corrected chi connectivity index (χ3v) is 5.91. The molecule has 2 heterocycles. The fraction of sp³-hybridized carbons (Fsp3) is 0.0833. The van der Waals surface area contributed by atoms with Gasteiger partial charge < -0.3 is 10.4 Å². The Morgan fingerprint density at radius 3 is 2.44 bits per heavy atom. The van der Waals surface area contributed by atoms with Gasteiger partial charge in [0.25, 0.3) is 0 Å². The number of carboxylic acids is 1. The van der Waals surface area contributed by atoms with E-state index in [1.165, 1.54) is 23.5 Å². The molecule has 0 radical (unpaired) electrons. The Morgan fingerprint density at radius 1 is 1.06 bits per heavy atom. The van der Waals surface area contributed by atoms with E-state index < -0.39 is 17.8 Å². The molecule has 172 valence electrons. The summed E-state index contributed by atoms with van der Waals surface area (Å²) in [5.41, 5.74) is 2.78. The number of alkyl halides is 3. The van der Waals surface area contributed by atoms with Gasteiger partial charge in [0.1, 0.15) is 10.7 Å². The van der Waals surface area contributed by atoms with Crippen LogP contribution in [0.15, 0.2) is 67.5 Å². The summed E-state index contributed by atoms with van der Waals surface area (Å²) in [5.74, 6) is -1.16. The second kappa shape index (κ2) is 9.06. The van der Waals surface area contributed by atoms with Crippen LogP contribution in [-0.4, -0.2) is 26.0 Å². The van der Waals surface area contributed by atoms with E-state index in [-0.39, 0.29) is 11.5 Å². The van der Waals surface area contributed by atoms with Gasteiger partial charge in [-0.15, -0.1) is 11.3 Å². The van der Waals surface area contributed by atoms with Crippen LogP contribution in [0.25, 0.3) is 16.0 Å². The van der Waals surface area contributed by atoms with Gasteiger partial charge in [-0.1, -0.05) is 24.8 Å². The molecule has 0 aliphatic carbocycles. The van der Waals surface area contributed by atoms with Crippen molar-refractivity contribution in [3.05, 3.63) is 94.9 Å². The van der Waals surface area contributed by atoms with Gasteiger partial charge in [0, 0.05) is 23.7 Å². The first-order valence-electron chi connectivity index (χ1n) is 9.88. The Balaban J connectivity index is 1.58. The van der Waals surface area contributed by atoms with Crippen LogP contribution in [0.3, 0.4) is 0 Å². The van der Waals surface area contributed by atoms with Crippen molar-refractivity contribution < 1.29 is 23.1 Å². The third-order valence-electron chi connectivity index (χ3n) is 4.81. The first-order valence-corrected chi connectivity index (χ1v) is 10.7. The quantitative estimate of drug-likeness (QED) is 0.329. The van der Waals surface area contributed by atoms with E-state index >= 15 is 0 Å². The van der Waals surface area contributed by atoms with Crippen LogP contribution < -0.4 is 5.32 Å². The van der Waals surface area contributed by atoms with Crippen molar-refractivity contribution in [3.8, 4) is 10.4 Å².